The number of benzene rings is 3. The van der Waals surface area contributed by atoms with Crippen molar-refractivity contribution in [3.8, 4) is 0 Å². The Hall–Kier alpha value is -1.18. The lowest BCUT2D eigenvalue weighted by atomic mass is 10.3. The quantitative estimate of drug-likeness (QED) is 0.413. The second kappa shape index (κ2) is 7.80. The van der Waals surface area contributed by atoms with Gasteiger partial charge in [0.05, 0.1) is 6.16 Å². The minimum atomic E-state index is -1.55. The predicted molar refractivity (Wildman–Crippen MR) is 103 cm³/mol. The lowest BCUT2D eigenvalue weighted by Crippen LogP contribution is -3.00. The second-order valence-corrected chi connectivity index (χ2v) is 9.98. The molecule has 0 N–H and O–H groups in total. The molecule has 0 nitrogen and oxygen atoms in total. The van der Waals surface area contributed by atoms with Crippen LogP contribution in [0.1, 0.15) is 12.8 Å². The van der Waals surface area contributed by atoms with E-state index in [1.54, 1.807) is 0 Å². The molecular weight excluding hydrogens is 422 g/mol. The molecule has 122 valence electrons. The molecule has 2 heteroatoms. The summed E-state index contributed by atoms with van der Waals surface area (Å²) in [5, 5.41) is 4.55. The maximum Gasteiger partial charge on any atom is 0.112 e. The largest absolute Gasteiger partial charge is 1.00 e. The van der Waals surface area contributed by atoms with Crippen molar-refractivity contribution in [2.24, 2.45) is 5.92 Å². The molecule has 0 amide bonds. The van der Waals surface area contributed by atoms with E-state index in [9.17, 15) is 0 Å². The van der Waals surface area contributed by atoms with Gasteiger partial charge in [-0.3, -0.25) is 0 Å². The van der Waals surface area contributed by atoms with Crippen LogP contribution in [0.15, 0.2) is 91.0 Å². The van der Waals surface area contributed by atoms with Crippen LogP contribution >= 0.6 is 7.26 Å². The molecular formula is C22H22IP. The third-order valence-electron chi connectivity index (χ3n) is 4.82. The number of hydrogen-bond donors (Lipinski definition) is 0. The van der Waals surface area contributed by atoms with Crippen LogP contribution < -0.4 is 39.9 Å². The van der Waals surface area contributed by atoms with Gasteiger partial charge in [-0.2, -0.15) is 0 Å². The molecule has 0 heterocycles. The highest BCUT2D eigenvalue weighted by Crippen LogP contribution is 2.59. The van der Waals surface area contributed by atoms with E-state index in [0.717, 1.165) is 5.92 Å². The standard InChI is InChI=1S/C22H22P.HI/c1-4-10-20(11-5-1)23(18-19-16-17-19,21-12-6-2-7-13-21)22-14-8-3-9-15-22;/h1-15,19H,16-18H2;1H/q+1;/p-1. The van der Waals surface area contributed by atoms with Gasteiger partial charge >= 0.3 is 0 Å². The van der Waals surface area contributed by atoms with Crippen LogP contribution in [0.2, 0.25) is 0 Å². The predicted octanol–water partition coefficient (Wildman–Crippen LogP) is 1.39. The van der Waals surface area contributed by atoms with E-state index in [1.807, 2.05) is 0 Å². The minimum Gasteiger partial charge on any atom is -1.00 e. The fraction of sp³-hybridized carbons (Fsp3) is 0.182. The molecule has 4 rings (SSSR count). The summed E-state index contributed by atoms with van der Waals surface area (Å²) in [6, 6.07) is 33.6. The van der Waals surface area contributed by atoms with E-state index in [4.69, 9.17) is 0 Å². The first-order chi connectivity index (χ1) is 11.4. The molecule has 1 aliphatic rings. The lowest BCUT2D eigenvalue weighted by Gasteiger charge is -2.27. The topological polar surface area (TPSA) is 0 Å². The first-order valence-corrected chi connectivity index (χ1v) is 10.4. The molecule has 24 heavy (non-hydrogen) atoms. The van der Waals surface area contributed by atoms with Gasteiger partial charge in [-0.05, 0) is 55.2 Å². The molecule has 3 aromatic carbocycles. The van der Waals surface area contributed by atoms with Crippen LogP contribution in [0.3, 0.4) is 0 Å². The molecule has 0 bridgehead atoms. The summed E-state index contributed by atoms with van der Waals surface area (Å²) in [6.45, 7) is 0. The van der Waals surface area contributed by atoms with Crippen molar-refractivity contribution in [1.82, 2.24) is 0 Å². The van der Waals surface area contributed by atoms with Gasteiger partial charge in [-0.25, -0.2) is 0 Å². The zero-order valence-electron chi connectivity index (χ0n) is 13.7. The van der Waals surface area contributed by atoms with E-state index >= 15 is 0 Å². The van der Waals surface area contributed by atoms with Gasteiger partial charge < -0.3 is 24.0 Å². The maximum atomic E-state index is 2.34. The van der Waals surface area contributed by atoms with Crippen molar-refractivity contribution in [1.29, 1.82) is 0 Å². The van der Waals surface area contributed by atoms with Gasteiger partial charge in [0.25, 0.3) is 0 Å². The highest BCUT2D eigenvalue weighted by Gasteiger charge is 2.48. The number of rotatable bonds is 5. The van der Waals surface area contributed by atoms with Gasteiger partial charge in [-0.15, -0.1) is 0 Å². The Morgan fingerprint density at radius 3 is 1.21 bits per heavy atom. The van der Waals surface area contributed by atoms with Crippen molar-refractivity contribution < 1.29 is 24.0 Å². The first-order valence-electron chi connectivity index (χ1n) is 8.44. The Morgan fingerprint density at radius 2 is 0.917 bits per heavy atom. The van der Waals surface area contributed by atoms with Crippen molar-refractivity contribution in [3.05, 3.63) is 91.0 Å². The van der Waals surface area contributed by atoms with Crippen LogP contribution in [-0.2, 0) is 0 Å². The molecule has 1 aliphatic carbocycles. The zero-order chi connectivity index (χ0) is 15.5. The summed E-state index contributed by atoms with van der Waals surface area (Å²) in [6.07, 6.45) is 4.10. The highest BCUT2D eigenvalue weighted by molar-refractivity contribution is 7.95. The summed E-state index contributed by atoms with van der Waals surface area (Å²) in [4.78, 5) is 0. The SMILES string of the molecule is [I-].c1ccc([P+](CC2CC2)(c2ccccc2)c2ccccc2)cc1. The smallest absolute Gasteiger partial charge is 0.112 e. The van der Waals surface area contributed by atoms with Gasteiger partial charge in [0.1, 0.15) is 23.2 Å². The van der Waals surface area contributed by atoms with E-state index in [2.05, 4.69) is 91.0 Å². The van der Waals surface area contributed by atoms with Crippen LogP contribution in [0.25, 0.3) is 0 Å². The van der Waals surface area contributed by atoms with E-state index < -0.39 is 7.26 Å². The van der Waals surface area contributed by atoms with Crippen LogP contribution in [-0.4, -0.2) is 6.16 Å². The molecule has 0 radical (unpaired) electrons. The van der Waals surface area contributed by atoms with Crippen molar-refractivity contribution in [3.63, 3.8) is 0 Å². The van der Waals surface area contributed by atoms with Gasteiger partial charge in [0.15, 0.2) is 0 Å². The molecule has 0 atom stereocenters. The molecule has 0 aliphatic heterocycles. The van der Waals surface area contributed by atoms with Crippen LogP contribution in [0.5, 0.6) is 0 Å². The summed E-state index contributed by atoms with van der Waals surface area (Å²) in [7, 11) is -1.55. The molecule has 0 unspecified atom stereocenters. The lowest BCUT2D eigenvalue weighted by molar-refractivity contribution is -0.00000447. The maximum absolute atomic E-state index is 2.34. The fourth-order valence-electron chi connectivity index (χ4n) is 3.50. The summed E-state index contributed by atoms with van der Waals surface area (Å²) >= 11 is 0. The normalized spacial score (nSPS) is 14.0. The number of hydrogen-bond acceptors (Lipinski definition) is 0. The Kier molecular flexibility index (Phi) is 5.73. The summed E-state index contributed by atoms with van der Waals surface area (Å²) in [5.74, 6) is 0.893. The Balaban J connectivity index is 0.00000169. The molecule has 0 saturated heterocycles. The minimum absolute atomic E-state index is 0. The molecule has 0 spiro atoms. The Bertz CT molecular complexity index is 655. The van der Waals surface area contributed by atoms with Gasteiger partial charge in [0, 0.05) is 0 Å². The molecule has 1 saturated carbocycles. The van der Waals surface area contributed by atoms with Crippen molar-refractivity contribution in [2.75, 3.05) is 6.16 Å². The summed E-state index contributed by atoms with van der Waals surface area (Å²) in [5.41, 5.74) is 0. The second-order valence-electron chi connectivity index (χ2n) is 6.44. The average molecular weight is 444 g/mol. The molecule has 3 aromatic rings. The number of halogens is 1. The van der Waals surface area contributed by atoms with Gasteiger partial charge in [0.2, 0.25) is 0 Å². The third kappa shape index (κ3) is 3.43. The van der Waals surface area contributed by atoms with Crippen molar-refractivity contribution >= 4 is 23.2 Å². The molecule has 1 fully saturated rings. The molecule has 0 aromatic heterocycles. The van der Waals surface area contributed by atoms with Gasteiger partial charge in [-0.1, -0.05) is 54.6 Å². The third-order valence-corrected chi connectivity index (χ3v) is 9.42. The van der Waals surface area contributed by atoms with Crippen molar-refractivity contribution in [2.45, 2.75) is 12.8 Å². The van der Waals surface area contributed by atoms with Crippen LogP contribution in [0, 0.1) is 5.92 Å². The Labute approximate surface area is 162 Å². The Morgan fingerprint density at radius 1 is 0.583 bits per heavy atom. The van der Waals surface area contributed by atoms with E-state index in [-0.39, 0.29) is 24.0 Å². The monoisotopic (exact) mass is 444 g/mol. The first kappa shape index (κ1) is 17.6. The average Bonchev–Trinajstić information content (AvgIpc) is 3.46. The summed E-state index contributed by atoms with van der Waals surface area (Å²) < 4.78 is 0. The fourth-order valence-corrected chi connectivity index (χ4v) is 8.21. The van der Waals surface area contributed by atoms with E-state index in [1.165, 1.54) is 34.9 Å². The zero-order valence-corrected chi connectivity index (χ0v) is 16.7. The highest BCUT2D eigenvalue weighted by atomic mass is 127. The van der Waals surface area contributed by atoms with Crippen LogP contribution in [0.4, 0.5) is 0 Å². The van der Waals surface area contributed by atoms with E-state index in [0.29, 0.717) is 0 Å².